The molecule has 19 aromatic carbocycles. The number of para-hydroxylation sites is 9. The monoisotopic (exact) mass is 1720 g/mol. The van der Waals surface area contributed by atoms with Gasteiger partial charge in [0, 0.05) is 116 Å². The van der Waals surface area contributed by atoms with Crippen molar-refractivity contribution < 1.29 is 8.83 Å². The van der Waals surface area contributed by atoms with Gasteiger partial charge in [0.25, 0.3) is 6.71 Å². The first-order chi connectivity index (χ1) is 65.4. The largest absolute Gasteiger partial charge is 0.455 e. The van der Waals surface area contributed by atoms with Gasteiger partial charge < -0.3 is 32.3 Å². The van der Waals surface area contributed by atoms with Crippen molar-refractivity contribution >= 4 is 167 Å². The maximum Gasteiger partial charge on any atom is 0.252 e. The lowest BCUT2D eigenvalue weighted by Gasteiger charge is -2.45. The molecule has 0 unspecified atom stereocenters. The standard InChI is InChI=1S/C126H94BN5O2/c1-124(2,3)81-61-67-108(98(73-81)78-36-14-11-15-37-78)132-113-70-79(119-92(96-49-30-47-94-90-43-21-28-58-117(90)133-122(94)96)45-32-56-111(119)129-104-52-24-17-39-86(104)87-40-18-25-53-105(87)129)60-65-101(113)127-102-66-64-84(128-109-68-62-82(125(4,5)6)74-99(109)100-75-83(126(7,8)9)63-69-110(100)128)76-114(102)131(103-51-23-16-38-85(103)77-34-12-10-13-35-77)115-71-80(72-116(132)121(115)127)120-93(97-50-31-48-95-91-44-22-29-59-118(91)134-123(95)97)46-33-57-112(120)130-106-54-26-19-41-88(106)89-42-20-27-55-107(89)130/h10-76H,1-9H3. The second-order valence-corrected chi connectivity index (χ2v) is 39.8. The minimum absolute atomic E-state index is 0.104. The van der Waals surface area contributed by atoms with Crippen LogP contribution in [0.1, 0.15) is 79.0 Å². The molecule has 0 N–H and O–H groups in total. The quantitative estimate of drug-likeness (QED) is 0.121. The average molecular weight is 1720 g/mol. The molecule has 0 saturated carbocycles. The van der Waals surface area contributed by atoms with E-state index < -0.39 is 0 Å². The summed E-state index contributed by atoms with van der Waals surface area (Å²) in [4.78, 5) is 5.38. The first kappa shape index (κ1) is 78.8. The molecular weight excluding hydrogens is 1630 g/mol. The third-order valence-electron chi connectivity index (χ3n) is 28.9. The molecule has 7 heterocycles. The number of benzene rings is 19. The Labute approximate surface area is 779 Å². The molecule has 134 heavy (non-hydrogen) atoms. The molecule has 7 nitrogen and oxygen atoms in total. The lowest BCUT2D eigenvalue weighted by Crippen LogP contribution is -2.61. The van der Waals surface area contributed by atoms with Crippen molar-refractivity contribution in [3.63, 3.8) is 0 Å². The Balaban J connectivity index is 0.848. The van der Waals surface area contributed by atoms with Gasteiger partial charge in [0.15, 0.2) is 0 Å². The van der Waals surface area contributed by atoms with Gasteiger partial charge in [-0.1, -0.05) is 347 Å². The van der Waals surface area contributed by atoms with Crippen LogP contribution in [0.4, 0.5) is 34.1 Å². The van der Waals surface area contributed by atoms with Crippen molar-refractivity contribution in [3.05, 3.63) is 423 Å². The zero-order valence-corrected chi connectivity index (χ0v) is 76.3. The summed E-state index contributed by atoms with van der Waals surface area (Å²) in [6.45, 7) is 20.7. The van der Waals surface area contributed by atoms with Crippen LogP contribution in [0.25, 0.3) is 193 Å². The van der Waals surface area contributed by atoms with E-state index in [2.05, 4.69) is 492 Å². The Morgan fingerprint density at radius 2 is 0.567 bits per heavy atom. The molecule has 638 valence electrons. The van der Waals surface area contributed by atoms with Crippen LogP contribution < -0.4 is 26.2 Å². The zero-order chi connectivity index (χ0) is 89.9. The number of hydrogen-bond donors (Lipinski definition) is 0. The summed E-state index contributed by atoms with van der Waals surface area (Å²) in [6.07, 6.45) is 0. The molecule has 2 aliphatic rings. The third kappa shape index (κ3) is 12.1. The molecule has 0 fully saturated rings. The number of rotatable bonds is 11. The Morgan fingerprint density at radius 3 is 1.07 bits per heavy atom. The minimum atomic E-state index is -0.387. The highest BCUT2D eigenvalue weighted by atomic mass is 16.3. The SMILES string of the molecule is CC(C)(C)c1ccc(N2c3cc(-c4c(-c5cccc6c5oc5ccccc56)cccc4-n4c5ccccc5c5ccccc54)ccc3B3c4ccc(-n5c6ccc(C(C)(C)C)cc6c6cc(C(C)(C)C)ccc65)cc4N(c4ccccc4-c4ccccc4)c4cc(-c5c(-c6cccc7c6oc6ccccc67)cccc5-n5c6ccccc6c6ccccc65)cc2c43)c(-c2ccccc2)c1. The molecule has 24 aromatic rings. The summed E-state index contributed by atoms with van der Waals surface area (Å²) in [5.74, 6) is 0. The van der Waals surface area contributed by atoms with Crippen LogP contribution in [0.2, 0.25) is 0 Å². The number of furan rings is 2. The first-order valence-corrected chi connectivity index (χ1v) is 47.0. The molecule has 0 radical (unpaired) electrons. The zero-order valence-electron chi connectivity index (χ0n) is 76.3. The molecule has 0 saturated heterocycles. The number of nitrogens with zero attached hydrogens (tertiary/aromatic N) is 5. The van der Waals surface area contributed by atoms with Crippen LogP contribution in [-0.4, -0.2) is 20.4 Å². The van der Waals surface area contributed by atoms with E-state index in [1.807, 2.05) is 0 Å². The Morgan fingerprint density at radius 1 is 0.209 bits per heavy atom. The van der Waals surface area contributed by atoms with Gasteiger partial charge in [-0.25, -0.2) is 0 Å². The topological polar surface area (TPSA) is 47.6 Å². The molecule has 26 rings (SSSR count). The summed E-state index contributed by atoms with van der Waals surface area (Å²) in [5, 5.41) is 11.5. The van der Waals surface area contributed by atoms with Gasteiger partial charge >= 0.3 is 0 Å². The highest BCUT2D eigenvalue weighted by Crippen LogP contribution is 2.56. The second-order valence-electron chi connectivity index (χ2n) is 39.8. The molecule has 0 amide bonds. The van der Waals surface area contributed by atoms with Crippen LogP contribution in [0.3, 0.4) is 0 Å². The Kier molecular flexibility index (Phi) is 17.5. The van der Waals surface area contributed by atoms with Crippen molar-refractivity contribution in [1.29, 1.82) is 0 Å². The molecule has 0 bridgehead atoms. The van der Waals surface area contributed by atoms with E-state index in [4.69, 9.17) is 8.83 Å². The van der Waals surface area contributed by atoms with Crippen LogP contribution >= 0.6 is 0 Å². The number of anilines is 6. The summed E-state index contributed by atoms with van der Waals surface area (Å²) in [6, 6.07) is 154. The van der Waals surface area contributed by atoms with Gasteiger partial charge in [0.1, 0.15) is 22.3 Å². The highest BCUT2D eigenvalue weighted by molar-refractivity contribution is 7.00. The van der Waals surface area contributed by atoms with Crippen molar-refractivity contribution in [2.45, 2.75) is 78.6 Å². The Hall–Kier alpha value is -16.2. The first-order valence-electron chi connectivity index (χ1n) is 47.0. The van der Waals surface area contributed by atoms with E-state index in [-0.39, 0.29) is 23.0 Å². The van der Waals surface area contributed by atoms with Gasteiger partial charge in [0.05, 0.1) is 55.8 Å². The van der Waals surface area contributed by atoms with E-state index in [1.54, 1.807) is 0 Å². The maximum absolute atomic E-state index is 7.33. The number of fused-ring (bicyclic) bond motifs is 19. The van der Waals surface area contributed by atoms with E-state index in [1.165, 1.54) is 65.4 Å². The lowest BCUT2D eigenvalue weighted by atomic mass is 9.33. The summed E-state index contributed by atoms with van der Waals surface area (Å²) >= 11 is 0. The summed E-state index contributed by atoms with van der Waals surface area (Å²) in [5.41, 5.74) is 39.1. The van der Waals surface area contributed by atoms with Gasteiger partial charge in [-0.15, -0.1) is 0 Å². The Bertz CT molecular complexity index is 8870. The lowest BCUT2D eigenvalue weighted by molar-refractivity contribution is 0.590. The van der Waals surface area contributed by atoms with Crippen LogP contribution in [0.5, 0.6) is 0 Å². The smallest absolute Gasteiger partial charge is 0.252 e. The van der Waals surface area contributed by atoms with E-state index in [0.29, 0.717) is 0 Å². The fourth-order valence-electron chi connectivity index (χ4n) is 22.5. The normalized spacial score (nSPS) is 12.9. The molecular formula is C126H94BN5O2. The van der Waals surface area contributed by atoms with Crippen LogP contribution in [0, 0.1) is 0 Å². The van der Waals surface area contributed by atoms with E-state index >= 15 is 0 Å². The van der Waals surface area contributed by atoms with Crippen molar-refractivity contribution in [2.24, 2.45) is 0 Å². The van der Waals surface area contributed by atoms with Gasteiger partial charge in [-0.05, 0) is 204 Å². The molecule has 0 atom stereocenters. The number of hydrogen-bond acceptors (Lipinski definition) is 4. The van der Waals surface area contributed by atoms with Gasteiger partial charge in [-0.3, -0.25) is 0 Å². The van der Waals surface area contributed by atoms with Crippen molar-refractivity contribution in [3.8, 4) is 83.8 Å². The predicted molar refractivity (Wildman–Crippen MR) is 567 cm³/mol. The summed E-state index contributed by atoms with van der Waals surface area (Å²) in [7, 11) is 0. The minimum Gasteiger partial charge on any atom is -0.455 e. The molecule has 2 aliphatic heterocycles. The van der Waals surface area contributed by atoms with Crippen LogP contribution in [-0.2, 0) is 16.2 Å². The fourth-order valence-corrected chi connectivity index (χ4v) is 22.5. The summed E-state index contributed by atoms with van der Waals surface area (Å²) < 4.78 is 22.2. The molecule has 0 aliphatic carbocycles. The van der Waals surface area contributed by atoms with Gasteiger partial charge in [0.2, 0.25) is 0 Å². The molecule has 0 spiro atoms. The molecule has 8 heteroatoms. The van der Waals surface area contributed by atoms with Crippen LogP contribution in [0.15, 0.2) is 415 Å². The maximum atomic E-state index is 7.33. The predicted octanol–water partition coefficient (Wildman–Crippen LogP) is 32.8. The average Bonchev–Trinajstić information content (AvgIpc) is 0.744. The van der Waals surface area contributed by atoms with Crippen molar-refractivity contribution in [2.75, 3.05) is 9.80 Å². The number of aromatic nitrogens is 3. The fraction of sp³-hybridized carbons (Fsp3) is 0.0952. The van der Waals surface area contributed by atoms with Gasteiger partial charge in [-0.2, -0.15) is 0 Å². The molecule has 5 aromatic heterocycles. The van der Waals surface area contributed by atoms with E-state index in [9.17, 15) is 0 Å². The second kappa shape index (κ2) is 29.7. The third-order valence-corrected chi connectivity index (χ3v) is 28.9. The highest BCUT2D eigenvalue weighted by Gasteiger charge is 2.46. The van der Waals surface area contributed by atoms with Crippen molar-refractivity contribution in [1.82, 2.24) is 13.7 Å². The van der Waals surface area contributed by atoms with E-state index in [0.717, 1.165) is 195 Å².